The quantitative estimate of drug-likeness (QED) is 0.531. The number of carbonyl (C=O) groups is 1. The first kappa shape index (κ1) is 19.4. The first-order valence-electron chi connectivity index (χ1n) is 10.5. The van der Waals surface area contributed by atoms with E-state index in [4.69, 9.17) is 0 Å². The summed E-state index contributed by atoms with van der Waals surface area (Å²) in [7, 11) is 0. The summed E-state index contributed by atoms with van der Waals surface area (Å²) in [5, 5.41) is 3.67. The van der Waals surface area contributed by atoms with Gasteiger partial charge in [0.15, 0.2) is 0 Å². The van der Waals surface area contributed by atoms with E-state index < -0.39 is 0 Å². The molecule has 150 valence electrons. The molecule has 3 aromatic rings. The van der Waals surface area contributed by atoms with E-state index in [2.05, 4.69) is 59.9 Å². The van der Waals surface area contributed by atoms with Crippen LogP contribution in [0, 0.1) is 5.41 Å². The van der Waals surface area contributed by atoms with Crippen molar-refractivity contribution in [3.8, 4) is 11.3 Å². The molecule has 0 saturated carbocycles. The molecule has 1 atom stereocenters. The lowest BCUT2D eigenvalue weighted by molar-refractivity contribution is -0.109. The lowest BCUT2D eigenvalue weighted by Gasteiger charge is -2.34. The Morgan fingerprint density at radius 1 is 1.17 bits per heavy atom. The van der Waals surface area contributed by atoms with Crippen molar-refractivity contribution in [3.05, 3.63) is 66.1 Å². The number of nitrogens with one attached hydrogen (secondary N) is 1. The molecule has 4 nitrogen and oxygen atoms in total. The van der Waals surface area contributed by atoms with E-state index >= 15 is 0 Å². The molecule has 1 aliphatic carbocycles. The standard InChI is InChI=1S/C25H29N3O/c1-4-14-28-21-16-25(2,3)15-19(17-29)22(21)23(27-20-8-6-5-7-9-20)24(28)18-10-12-26-13-11-18/h5-13,17,19,27H,4,14-16H2,1-3H3. The van der Waals surface area contributed by atoms with Gasteiger partial charge in [0.2, 0.25) is 0 Å². The molecule has 0 saturated heterocycles. The molecule has 0 radical (unpaired) electrons. The van der Waals surface area contributed by atoms with Gasteiger partial charge in [-0.3, -0.25) is 4.98 Å². The number of aldehydes is 1. The molecule has 1 aliphatic rings. The Hall–Kier alpha value is -2.88. The Morgan fingerprint density at radius 2 is 1.90 bits per heavy atom. The van der Waals surface area contributed by atoms with E-state index in [0.29, 0.717) is 0 Å². The minimum atomic E-state index is -0.0985. The van der Waals surface area contributed by atoms with Crippen molar-refractivity contribution in [2.75, 3.05) is 5.32 Å². The van der Waals surface area contributed by atoms with E-state index in [1.165, 1.54) is 11.3 Å². The van der Waals surface area contributed by atoms with Crippen LogP contribution in [0.1, 0.15) is 50.8 Å². The molecular formula is C25H29N3O. The normalized spacial score (nSPS) is 17.6. The van der Waals surface area contributed by atoms with Gasteiger partial charge in [0.25, 0.3) is 0 Å². The summed E-state index contributed by atoms with van der Waals surface area (Å²) in [6.45, 7) is 7.68. The fourth-order valence-electron chi connectivity index (χ4n) is 4.69. The zero-order chi connectivity index (χ0) is 20.4. The van der Waals surface area contributed by atoms with Gasteiger partial charge in [-0.1, -0.05) is 39.0 Å². The summed E-state index contributed by atoms with van der Waals surface area (Å²) in [6, 6.07) is 14.3. The van der Waals surface area contributed by atoms with Gasteiger partial charge in [-0.25, -0.2) is 0 Å². The highest BCUT2D eigenvalue weighted by molar-refractivity contribution is 5.86. The third kappa shape index (κ3) is 3.71. The number of nitrogens with zero attached hydrogens (tertiary/aromatic N) is 2. The second kappa shape index (κ2) is 7.86. The van der Waals surface area contributed by atoms with Gasteiger partial charge < -0.3 is 14.7 Å². The highest BCUT2D eigenvalue weighted by Gasteiger charge is 2.38. The lowest BCUT2D eigenvalue weighted by atomic mass is 9.71. The van der Waals surface area contributed by atoms with Crippen LogP contribution >= 0.6 is 0 Å². The van der Waals surface area contributed by atoms with Crippen LogP contribution in [0.2, 0.25) is 0 Å². The fraction of sp³-hybridized carbons (Fsp3) is 0.360. The SMILES string of the molecule is CCCn1c2c(c(Nc3ccccc3)c1-c1ccncc1)C(C=O)CC(C)(C)C2. The first-order chi connectivity index (χ1) is 14.0. The molecule has 1 N–H and O–H groups in total. The summed E-state index contributed by atoms with van der Waals surface area (Å²) in [6.07, 6.45) is 7.70. The van der Waals surface area contributed by atoms with Crippen LogP contribution in [0.25, 0.3) is 11.3 Å². The maximum Gasteiger partial charge on any atom is 0.127 e. The van der Waals surface area contributed by atoms with E-state index in [-0.39, 0.29) is 11.3 Å². The van der Waals surface area contributed by atoms with E-state index in [1.807, 2.05) is 30.6 Å². The number of pyridine rings is 1. The average Bonchev–Trinajstić information content (AvgIpc) is 3.01. The number of rotatable bonds is 6. The predicted molar refractivity (Wildman–Crippen MR) is 119 cm³/mol. The van der Waals surface area contributed by atoms with Crippen LogP contribution < -0.4 is 5.32 Å². The molecule has 0 amide bonds. The molecule has 1 unspecified atom stereocenters. The van der Waals surface area contributed by atoms with Crippen molar-refractivity contribution >= 4 is 17.7 Å². The smallest absolute Gasteiger partial charge is 0.127 e. The van der Waals surface area contributed by atoms with Gasteiger partial charge >= 0.3 is 0 Å². The third-order valence-electron chi connectivity index (χ3n) is 5.81. The van der Waals surface area contributed by atoms with Crippen LogP contribution in [0.4, 0.5) is 11.4 Å². The summed E-state index contributed by atoms with van der Waals surface area (Å²) in [4.78, 5) is 16.4. The number of carbonyl (C=O) groups excluding carboxylic acids is 1. The van der Waals surface area contributed by atoms with E-state index in [9.17, 15) is 4.79 Å². The zero-order valence-electron chi connectivity index (χ0n) is 17.5. The summed E-state index contributed by atoms with van der Waals surface area (Å²) in [5.74, 6) is -0.0985. The molecule has 0 spiro atoms. The first-order valence-corrected chi connectivity index (χ1v) is 10.5. The Bertz CT molecular complexity index is 990. The zero-order valence-corrected chi connectivity index (χ0v) is 17.5. The van der Waals surface area contributed by atoms with E-state index in [0.717, 1.165) is 54.7 Å². The number of aromatic nitrogens is 2. The summed E-state index contributed by atoms with van der Waals surface area (Å²) in [5.41, 5.74) is 6.96. The number of benzene rings is 1. The summed E-state index contributed by atoms with van der Waals surface area (Å²) >= 11 is 0. The highest BCUT2D eigenvalue weighted by atomic mass is 16.1. The van der Waals surface area contributed by atoms with Crippen LogP contribution in [0.15, 0.2) is 54.9 Å². The highest BCUT2D eigenvalue weighted by Crippen LogP contribution is 2.49. The molecule has 1 aromatic carbocycles. The van der Waals surface area contributed by atoms with Crippen LogP contribution in [-0.2, 0) is 17.8 Å². The van der Waals surface area contributed by atoms with Crippen molar-refractivity contribution in [2.45, 2.75) is 52.5 Å². The lowest BCUT2D eigenvalue weighted by Crippen LogP contribution is -2.27. The fourth-order valence-corrected chi connectivity index (χ4v) is 4.69. The summed E-state index contributed by atoms with van der Waals surface area (Å²) < 4.78 is 2.44. The number of hydrogen-bond acceptors (Lipinski definition) is 3. The Labute approximate surface area is 173 Å². The number of hydrogen-bond donors (Lipinski definition) is 1. The minimum absolute atomic E-state index is 0.0985. The van der Waals surface area contributed by atoms with Crippen molar-refractivity contribution < 1.29 is 4.79 Å². The van der Waals surface area contributed by atoms with Crippen LogP contribution in [0.3, 0.4) is 0 Å². The molecule has 29 heavy (non-hydrogen) atoms. The van der Waals surface area contributed by atoms with Gasteiger partial charge in [-0.05, 0) is 48.9 Å². The average molecular weight is 388 g/mol. The molecule has 4 rings (SSSR count). The van der Waals surface area contributed by atoms with Gasteiger partial charge in [-0.15, -0.1) is 0 Å². The van der Waals surface area contributed by atoms with Crippen LogP contribution in [-0.4, -0.2) is 15.8 Å². The molecule has 0 bridgehead atoms. The van der Waals surface area contributed by atoms with Crippen molar-refractivity contribution in [2.24, 2.45) is 5.41 Å². The Kier molecular flexibility index (Phi) is 5.27. The minimum Gasteiger partial charge on any atom is -0.354 e. The molecule has 4 heteroatoms. The van der Waals surface area contributed by atoms with Crippen molar-refractivity contribution in [1.29, 1.82) is 0 Å². The Balaban J connectivity index is 2.00. The molecule has 0 fully saturated rings. The van der Waals surface area contributed by atoms with Crippen molar-refractivity contribution in [3.63, 3.8) is 0 Å². The van der Waals surface area contributed by atoms with Gasteiger partial charge in [0.1, 0.15) is 6.29 Å². The topological polar surface area (TPSA) is 46.9 Å². The number of para-hydroxylation sites is 1. The molecule has 2 aromatic heterocycles. The molecule has 2 heterocycles. The maximum absolute atomic E-state index is 12.2. The second-order valence-electron chi connectivity index (χ2n) is 8.75. The Morgan fingerprint density at radius 3 is 2.55 bits per heavy atom. The van der Waals surface area contributed by atoms with E-state index in [1.54, 1.807) is 0 Å². The second-order valence-corrected chi connectivity index (χ2v) is 8.75. The predicted octanol–water partition coefficient (Wildman–Crippen LogP) is 5.96. The van der Waals surface area contributed by atoms with Gasteiger partial charge in [0.05, 0.1) is 11.4 Å². The molecule has 0 aliphatic heterocycles. The number of fused-ring (bicyclic) bond motifs is 1. The van der Waals surface area contributed by atoms with Gasteiger partial charge in [0, 0.05) is 47.4 Å². The van der Waals surface area contributed by atoms with Crippen molar-refractivity contribution in [1.82, 2.24) is 9.55 Å². The maximum atomic E-state index is 12.2. The monoisotopic (exact) mass is 387 g/mol. The molecular weight excluding hydrogens is 358 g/mol. The third-order valence-corrected chi connectivity index (χ3v) is 5.81. The largest absolute Gasteiger partial charge is 0.354 e. The van der Waals surface area contributed by atoms with Crippen LogP contribution in [0.5, 0.6) is 0 Å². The number of anilines is 2. The van der Waals surface area contributed by atoms with Gasteiger partial charge in [-0.2, -0.15) is 0 Å².